The highest BCUT2D eigenvalue weighted by Gasteiger charge is 2.12. The standard InChI is InChI=1S/C14H11ClO3/c15-9-10-6-7-12(14(16)17)13(8-10)18-11-4-2-1-3-5-11/h1-8H,9H2,(H,16,17). The Kier molecular flexibility index (Phi) is 3.85. The first-order chi connectivity index (χ1) is 8.70. The summed E-state index contributed by atoms with van der Waals surface area (Å²) in [4.78, 5) is 11.1. The minimum Gasteiger partial charge on any atom is -0.478 e. The zero-order valence-corrected chi connectivity index (χ0v) is 10.2. The number of para-hydroxylation sites is 1. The Morgan fingerprint density at radius 1 is 1.17 bits per heavy atom. The van der Waals surface area contributed by atoms with Gasteiger partial charge in [0.1, 0.15) is 17.1 Å². The van der Waals surface area contributed by atoms with Gasteiger partial charge in [-0.15, -0.1) is 11.6 Å². The molecule has 2 aromatic carbocycles. The van der Waals surface area contributed by atoms with E-state index in [1.165, 1.54) is 6.07 Å². The van der Waals surface area contributed by atoms with Crippen molar-refractivity contribution in [3.8, 4) is 11.5 Å². The number of alkyl halides is 1. The summed E-state index contributed by atoms with van der Waals surface area (Å²) in [6.07, 6.45) is 0. The number of hydrogen-bond donors (Lipinski definition) is 1. The maximum absolute atomic E-state index is 11.1. The molecule has 0 aliphatic heterocycles. The van der Waals surface area contributed by atoms with Gasteiger partial charge in [-0.25, -0.2) is 4.79 Å². The van der Waals surface area contributed by atoms with Crippen molar-refractivity contribution in [1.82, 2.24) is 0 Å². The SMILES string of the molecule is O=C(O)c1ccc(CCl)cc1Oc1ccccc1. The number of carboxylic acids is 1. The molecule has 0 spiro atoms. The van der Waals surface area contributed by atoms with Crippen LogP contribution in [-0.4, -0.2) is 11.1 Å². The van der Waals surface area contributed by atoms with Crippen LogP contribution in [0.4, 0.5) is 0 Å². The fourth-order valence-corrected chi connectivity index (χ4v) is 1.69. The van der Waals surface area contributed by atoms with Crippen molar-refractivity contribution in [3.05, 3.63) is 59.7 Å². The first kappa shape index (κ1) is 12.5. The molecular weight excluding hydrogens is 252 g/mol. The van der Waals surface area contributed by atoms with Gasteiger partial charge in [-0.05, 0) is 29.8 Å². The second kappa shape index (κ2) is 5.56. The minimum absolute atomic E-state index is 0.118. The fourth-order valence-electron chi connectivity index (χ4n) is 1.53. The van der Waals surface area contributed by atoms with E-state index >= 15 is 0 Å². The first-order valence-electron chi connectivity index (χ1n) is 5.36. The molecule has 0 saturated carbocycles. The van der Waals surface area contributed by atoms with Gasteiger partial charge >= 0.3 is 5.97 Å². The highest BCUT2D eigenvalue weighted by Crippen LogP contribution is 2.27. The van der Waals surface area contributed by atoms with Crippen LogP contribution in [0, 0.1) is 0 Å². The number of carbonyl (C=O) groups is 1. The number of halogens is 1. The van der Waals surface area contributed by atoms with Gasteiger partial charge in [-0.2, -0.15) is 0 Å². The van der Waals surface area contributed by atoms with Gasteiger partial charge in [0.25, 0.3) is 0 Å². The molecule has 0 fully saturated rings. The van der Waals surface area contributed by atoms with Crippen LogP contribution in [-0.2, 0) is 5.88 Å². The third kappa shape index (κ3) is 2.81. The summed E-state index contributed by atoms with van der Waals surface area (Å²) in [7, 11) is 0. The number of carboxylic acid groups (broad SMARTS) is 1. The molecule has 0 atom stereocenters. The van der Waals surface area contributed by atoms with Crippen LogP contribution >= 0.6 is 11.6 Å². The van der Waals surface area contributed by atoms with E-state index in [2.05, 4.69) is 0 Å². The molecule has 0 amide bonds. The quantitative estimate of drug-likeness (QED) is 0.850. The van der Waals surface area contributed by atoms with Crippen molar-refractivity contribution in [2.75, 3.05) is 0 Å². The predicted molar refractivity (Wildman–Crippen MR) is 69.5 cm³/mol. The smallest absolute Gasteiger partial charge is 0.339 e. The lowest BCUT2D eigenvalue weighted by atomic mass is 10.1. The van der Waals surface area contributed by atoms with Crippen molar-refractivity contribution in [2.24, 2.45) is 0 Å². The van der Waals surface area contributed by atoms with Crippen LogP contribution in [0.1, 0.15) is 15.9 Å². The zero-order chi connectivity index (χ0) is 13.0. The molecular formula is C14H11ClO3. The summed E-state index contributed by atoms with van der Waals surface area (Å²) in [6.45, 7) is 0. The Bertz CT molecular complexity index is 552. The molecule has 4 heteroatoms. The van der Waals surface area contributed by atoms with Crippen molar-refractivity contribution in [3.63, 3.8) is 0 Å². The van der Waals surface area contributed by atoms with Crippen molar-refractivity contribution < 1.29 is 14.6 Å². The van der Waals surface area contributed by atoms with Gasteiger partial charge < -0.3 is 9.84 Å². The van der Waals surface area contributed by atoms with Gasteiger partial charge in [0.05, 0.1) is 0 Å². The second-order valence-corrected chi connectivity index (χ2v) is 3.95. The fraction of sp³-hybridized carbons (Fsp3) is 0.0714. The second-order valence-electron chi connectivity index (χ2n) is 3.68. The first-order valence-corrected chi connectivity index (χ1v) is 5.89. The van der Waals surface area contributed by atoms with Crippen LogP contribution in [0.5, 0.6) is 11.5 Å². The van der Waals surface area contributed by atoms with Crippen LogP contribution in [0.2, 0.25) is 0 Å². The third-order valence-corrected chi connectivity index (χ3v) is 2.71. The van der Waals surface area contributed by atoms with Crippen LogP contribution in [0.15, 0.2) is 48.5 Å². The van der Waals surface area contributed by atoms with E-state index in [9.17, 15) is 4.79 Å². The average molecular weight is 263 g/mol. The van der Waals surface area contributed by atoms with Gasteiger partial charge in [-0.3, -0.25) is 0 Å². The number of benzene rings is 2. The summed E-state index contributed by atoms with van der Waals surface area (Å²) in [6, 6.07) is 13.8. The molecule has 92 valence electrons. The monoisotopic (exact) mass is 262 g/mol. The van der Waals surface area contributed by atoms with E-state index in [-0.39, 0.29) is 5.56 Å². The van der Waals surface area contributed by atoms with E-state index in [1.807, 2.05) is 18.2 Å². The minimum atomic E-state index is -1.03. The lowest BCUT2D eigenvalue weighted by Crippen LogP contribution is -2.00. The molecule has 2 rings (SSSR count). The summed E-state index contributed by atoms with van der Waals surface area (Å²) in [5, 5.41) is 9.09. The molecule has 0 aromatic heterocycles. The Morgan fingerprint density at radius 3 is 2.50 bits per heavy atom. The van der Waals surface area contributed by atoms with Crippen LogP contribution in [0.3, 0.4) is 0 Å². The maximum atomic E-state index is 11.1. The van der Waals surface area contributed by atoms with Crippen molar-refractivity contribution in [1.29, 1.82) is 0 Å². The Hall–Kier alpha value is -2.00. The molecule has 0 aliphatic rings. The highest BCUT2D eigenvalue weighted by molar-refractivity contribution is 6.17. The maximum Gasteiger partial charge on any atom is 0.339 e. The molecule has 0 unspecified atom stereocenters. The predicted octanol–water partition coefficient (Wildman–Crippen LogP) is 3.92. The Morgan fingerprint density at radius 2 is 1.89 bits per heavy atom. The molecule has 0 radical (unpaired) electrons. The lowest BCUT2D eigenvalue weighted by Gasteiger charge is -2.09. The summed E-state index contributed by atoms with van der Waals surface area (Å²) in [5.41, 5.74) is 0.931. The summed E-state index contributed by atoms with van der Waals surface area (Å²) in [5.74, 6) is 0.172. The van der Waals surface area contributed by atoms with E-state index in [1.54, 1.807) is 24.3 Å². The zero-order valence-electron chi connectivity index (χ0n) is 9.47. The number of aromatic carboxylic acids is 1. The van der Waals surface area contributed by atoms with Gasteiger partial charge in [-0.1, -0.05) is 24.3 Å². The molecule has 18 heavy (non-hydrogen) atoms. The third-order valence-electron chi connectivity index (χ3n) is 2.40. The molecule has 3 nitrogen and oxygen atoms in total. The van der Waals surface area contributed by atoms with E-state index < -0.39 is 5.97 Å². The van der Waals surface area contributed by atoms with Crippen molar-refractivity contribution in [2.45, 2.75) is 5.88 Å². The molecule has 0 bridgehead atoms. The normalized spacial score (nSPS) is 10.1. The molecule has 2 aromatic rings. The van der Waals surface area contributed by atoms with Gasteiger partial charge in [0, 0.05) is 5.88 Å². The van der Waals surface area contributed by atoms with E-state index in [0.717, 1.165) is 5.56 Å². The molecule has 1 N–H and O–H groups in total. The molecule has 0 heterocycles. The number of rotatable bonds is 4. The average Bonchev–Trinajstić information content (AvgIpc) is 2.39. The van der Waals surface area contributed by atoms with Gasteiger partial charge in [0.2, 0.25) is 0 Å². The van der Waals surface area contributed by atoms with E-state index in [4.69, 9.17) is 21.4 Å². The van der Waals surface area contributed by atoms with Gasteiger partial charge in [0.15, 0.2) is 0 Å². The Balaban J connectivity index is 2.38. The number of ether oxygens (including phenoxy) is 1. The summed E-state index contributed by atoms with van der Waals surface area (Å²) >= 11 is 5.73. The van der Waals surface area contributed by atoms with Crippen LogP contribution in [0.25, 0.3) is 0 Å². The van der Waals surface area contributed by atoms with E-state index in [0.29, 0.717) is 17.4 Å². The van der Waals surface area contributed by atoms with Crippen LogP contribution < -0.4 is 4.74 Å². The summed E-state index contributed by atoms with van der Waals surface area (Å²) < 4.78 is 5.57. The van der Waals surface area contributed by atoms with Crippen molar-refractivity contribution >= 4 is 17.6 Å². The Labute approximate surface area is 110 Å². The largest absolute Gasteiger partial charge is 0.478 e. The molecule has 0 saturated heterocycles. The topological polar surface area (TPSA) is 46.5 Å². The highest BCUT2D eigenvalue weighted by atomic mass is 35.5. The number of hydrogen-bond acceptors (Lipinski definition) is 2. The molecule has 0 aliphatic carbocycles. The lowest BCUT2D eigenvalue weighted by molar-refractivity contribution is 0.0694.